The minimum Gasteiger partial charge on any atom is -0.481 e. The molecular weight excluding hydrogens is 273 g/mol. The highest BCUT2D eigenvalue weighted by Crippen LogP contribution is 2.44. The van der Waals surface area contributed by atoms with Crippen molar-refractivity contribution in [2.75, 3.05) is 20.2 Å². The number of ether oxygens (including phenoxy) is 1. The first-order chi connectivity index (χ1) is 9.46. The first kappa shape index (κ1) is 13.2. The van der Waals surface area contributed by atoms with Crippen molar-refractivity contribution in [3.05, 3.63) is 18.0 Å². The lowest BCUT2D eigenvalue weighted by Gasteiger charge is -2.28. The zero-order valence-electron chi connectivity index (χ0n) is 10.7. The number of pyridine rings is 1. The highest BCUT2D eigenvalue weighted by molar-refractivity contribution is 5.71. The minimum absolute atomic E-state index is 0.0343. The molecule has 2 N–H and O–H groups in total. The monoisotopic (exact) mass is 286 g/mol. The summed E-state index contributed by atoms with van der Waals surface area (Å²) in [7, 11) is 1.44. The standard InChI is InChI=1S/C12H13F3N4O/c1-20-8-3-2-7-9(18-8)19-10(17-7)11(12(13,14)15)4-5-16-6-11/h2-3,16H,4-6H2,1H3,(H,17,18,19). The molecule has 1 unspecified atom stereocenters. The molecule has 0 amide bonds. The smallest absolute Gasteiger partial charge is 0.402 e. The van der Waals surface area contributed by atoms with Gasteiger partial charge in [-0.2, -0.15) is 18.2 Å². The Kier molecular flexibility index (Phi) is 2.86. The number of alkyl halides is 3. The van der Waals surface area contributed by atoms with Gasteiger partial charge in [0.25, 0.3) is 0 Å². The van der Waals surface area contributed by atoms with E-state index in [-0.39, 0.29) is 24.4 Å². The molecule has 0 radical (unpaired) electrons. The molecule has 1 aliphatic rings. The van der Waals surface area contributed by atoms with E-state index in [1.54, 1.807) is 12.1 Å². The number of nitrogens with one attached hydrogen (secondary N) is 2. The van der Waals surface area contributed by atoms with Crippen molar-refractivity contribution >= 4 is 11.2 Å². The molecule has 0 aromatic carbocycles. The van der Waals surface area contributed by atoms with Gasteiger partial charge in [0.1, 0.15) is 11.2 Å². The Balaban J connectivity index is 2.12. The summed E-state index contributed by atoms with van der Waals surface area (Å²) in [6, 6.07) is 3.20. The third-order valence-corrected chi connectivity index (χ3v) is 3.68. The lowest BCUT2D eigenvalue weighted by molar-refractivity contribution is -0.186. The Labute approximate surface area is 112 Å². The van der Waals surface area contributed by atoms with Crippen LogP contribution in [0.5, 0.6) is 5.88 Å². The van der Waals surface area contributed by atoms with Gasteiger partial charge in [0.2, 0.25) is 5.88 Å². The lowest BCUT2D eigenvalue weighted by Crippen LogP contribution is -2.45. The van der Waals surface area contributed by atoms with Gasteiger partial charge in [0, 0.05) is 12.6 Å². The van der Waals surface area contributed by atoms with Crippen LogP contribution >= 0.6 is 0 Å². The second-order valence-corrected chi connectivity index (χ2v) is 4.82. The van der Waals surface area contributed by atoms with Crippen LogP contribution < -0.4 is 10.1 Å². The van der Waals surface area contributed by atoms with E-state index in [2.05, 4.69) is 20.3 Å². The maximum absolute atomic E-state index is 13.4. The number of rotatable bonds is 2. The van der Waals surface area contributed by atoms with Crippen LogP contribution in [0.1, 0.15) is 12.2 Å². The van der Waals surface area contributed by atoms with Gasteiger partial charge in [0.15, 0.2) is 5.65 Å². The van der Waals surface area contributed by atoms with Crippen LogP contribution in [0.25, 0.3) is 11.2 Å². The fraction of sp³-hybridized carbons (Fsp3) is 0.500. The van der Waals surface area contributed by atoms with Crippen LogP contribution in [0, 0.1) is 0 Å². The number of hydrogen-bond acceptors (Lipinski definition) is 4. The van der Waals surface area contributed by atoms with Gasteiger partial charge in [-0.05, 0) is 19.0 Å². The molecule has 1 saturated heterocycles. The molecule has 108 valence electrons. The zero-order chi connectivity index (χ0) is 14.4. The van der Waals surface area contributed by atoms with E-state index in [1.807, 2.05) is 0 Å². The van der Waals surface area contributed by atoms with E-state index < -0.39 is 11.6 Å². The van der Waals surface area contributed by atoms with Crippen LogP contribution in [0.4, 0.5) is 13.2 Å². The number of fused-ring (bicyclic) bond motifs is 1. The molecule has 3 rings (SSSR count). The van der Waals surface area contributed by atoms with Gasteiger partial charge in [0.05, 0.1) is 12.6 Å². The van der Waals surface area contributed by atoms with Gasteiger partial charge in [-0.3, -0.25) is 0 Å². The number of H-pyrrole nitrogens is 1. The second kappa shape index (κ2) is 4.34. The number of aromatic nitrogens is 3. The Hall–Kier alpha value is -1.83. The van der Waals surface area contributed by atoms with E-state index in [4.69, 9.17) is 4.74 Å². The molecule has 0 bridgehead atoms. The highest BCUT2D eigenvalue weighted by atomic mass is 19.4. The Bertz CT molecular complexity index is 631. The van der Waals surface area contributed by atoms with Crippen molar-refractivity contribution in [1.82, 2.24) is 20.3 Å². The molecule has 20 heavy (non-hydrogen) atoms. The van der Waals surface area contributed by atoms with E-state index >= 15 is 0 Å². The van der Waals surface area contributed by atoms with Gasteiger partial charge >= 0.3 is 6.18 Å². The summed E-state index contributed by atoms with van der Waals surface area (Å²) < 4.78 is 45.2. The van der Waals surface area contributed by atoms with E-state index in [1.165, 1.54) is 7.11 Å². The molecule has 0 saturated carbocycles. The van der Waals surface area contributed by atoms with E-state index in [0.717, 1.165) is 0 Å². The minimum atomic E-state index is -4.37. The molecule has 0 aliphatic carbocycles. The van der Waals surface area contributed by atoms with Crippen molar-refractivity contribution in [2.24, 2.45) is 0 Å². The first-order valence-electron chi connectivity index (χ1n) is 6.15. The maximum atomic E-state index is 13.4. The zero-order valence-corrected chi connectivity index (χ0v) is 10.7. The quantitative estimate of drug-likeness (QED) is 0.883. The van der Waals surface area contributed by atoms with Crippen molar-refractivity contribution in [3.8, 4) is 5.88 Å². The summed E-state index contributed by atoms with van der Waals surface area (Å²) in [4.78, 5) is 10.8. The molecule has 1 fully saturated rings. The topological polar surface area (TPSA) is 62.8 Å². The predicted molar refractivity (Wildman–Crippen MR) is 65.7 cm³/mol. The van der Waals surface area contributed by atoms with Crippen LogP contribution in [0.15, 0.2) is 12.1 Å². The number of aromatic amines is 1. The number of imidazole rings is 1. The average Bonchev–Trinajstić information content (AvgIpc) is 3.04. The van der Waals surface area contributed by atoms with Gasteiger partial charge < -0.3 is 15.0 Å². The van der Waals surface area contributed by atoms with E-state index in [0.29, 0.717) is 17.9 Å². The van der Waals surface area contributed by atoms with Crippen molar-refractivity contribution < 1.29 is 17.9 Å². The van der Waals surface area contributed by atoms with Crippen LogP contribution in [0.3, 0.4) is 0 Å². The predicted octanol–water partition coefficient (Wildman–Crippen LogP) is 1.76. The summed E-state index contributed by atoms with van der Waals surface area (Å²) in [5, 5.41) is 2.76. The summed E-state index contributed by atoms with van der Waals surface area (Å²) in [5.74, 6) is 0.229. The third kappa shape index (κ3) is 1.82. The summed E-state index contributed by atoms with van der Waals surface area (Å²) in [6.45, 7) is 0.140. The van der Waals surface area contributed by atoms with Gasteiger partial charge in [-0.15, -0.1) is 0 Å². The van der Waals surface area contributed by atoms with Crippen LogP contribution in [-0.2, 0) is 5.41 Å². The summed E-state index contributed by atoms with van der Waals surface area (Å²) in [5.41, 5.74) is -1.27. The fourth-order valence-electron chi connectivity index (χ4n) is 2.49. The van der Waals surface area contributed by atoms with Crippen molar-refractivity contribution in [2.45, 2.75) is 18.0 Å². The van der Waals surface area contributed by atoms with Crippen molar-refractivity contribution in [3.63, 3.8) is 0 Å². The fourth-order valence-corrected chi connectivity index (χ4v) is 2.49. The lowest BCUT2D eigenvalue weighted by atomic mass is 9.85. The van der Waals surface area contributed by atoms with Crippen LogP contribution in [0.2, 0.25) is 0 Å². The molecular formula is C12H13F3N4O. The van der Waals surface area contributed by atoms with Crippen molar-refractivity contribution in [1.29, 1.82) is 0 Å². The normalized spacial score (nSPS) is 23.4. The molecule has 5 nitrogen and oxygen atoms in total. The summed E-state index contributed by atoms with van der Waals surface area (Å²) >= 11 is 0. The number of nitrogens with zero attached hydrogens (tertiary/aromatic N) is 2. The largest absolute Gasteiger partial charge is 0.481 e. The molecule has 2 aromatic heterocycles. The van der Waals surface area contributed by atoms with Gasteiger partial charge in [-0.1, -0.05) is 0 Å². The molecule has 2 aromatic rings. The molecule has 0 spiro atoms. The number of halogens is 3. The average molecular weight is 286 g/mol. The van der Waals surface area contributed by atoms with E-state index in [9.17, 15) is 13.2 Å². The Morgan fingerprint density at radius 2 is 2.10 bits per heavy atom. The third-order valence-electron chi connectivity index (χ3n) is 3.68. The molecule has 8 heteroatoms. The highest BCUT2D eigenvalue weighted by Gasteiger charge is 2.59. The Morgan fingerprint density at radius 3 is 2.70 bits per heavy atom. The Morgan fingerprint density at radius 1 is 1.30 bits per heavy atom. The van der Waals surface area contributed by atoms with Gasteiger partial charge in [-0.25, -0.2) is 4.98 Å². The second-order valence-electron chi connectivity index (χ2n) is 4.82. The molecule has 1 aliphatic heterocycles. The summed E-state index contributed by atoms with van der Waals surface area (Å²) in [6.07, 6.45) is -4.40. The molecule has 1 atom stereocenters. The SMILES string of the molecule is COc1ccc2[nH]c(C3(C(F)(F)F)CCNC3)nc2n1. The number of methoxy groups -OCH3 is 1. The molecule has 3 heterocycles. The maximum Gasteiger partial charge on any atom is 0.402 e. The number of hydrogen-bond donors (Lipinski definition) is 2. The first-order valence-corrected chi connectivity index (χ1v) is 6.15. The van der Waals surface area contributed by atoms with Crippen LogP contribution in [-0.4, -0.2) is 41.3 Å².